The van der Waals surface area contributed by atoms with Gasteiger partial charge in [0.1, 0.15) is 4.88 Å². The van der Waals surface area contributed by atoms with E-state index in [4.69, 9.17) is 10.8 Å². The van der Waals surface area contributed by atoms with Crippen molar-refractivity contribution in [3.8, 4) is 0 Å². The summed E-state index contributed by atoms with van der Waals surface area (Å²) in [7, 11) is 0. The fraction of sp³-hybridized carbons (Fsp3) is 0.385. The highest BCUT2D eigenvalue weighted by molar-refractivity contribution is 7.21. The molecule has 0 aliphatic carbocycles. The molecule has 0 aromatic carbocycles. The summed E-state index contributed by atoms with van der Waals surface area (Å²) < 4.78 is 0.962. The fourth-order valence-corrected chi connectivity index (χ4v) is 3.16. The van der Waals surface area contributed by atoms with Crippen LogP contribution in [0.25, 0.3) is 10.1 Å². The summed E-state index contributed by atoms with van der Waals surface area (Å²) >= 11 is 1.35. The molecule has 2 aromatic heterocycles. The number of nitrogens with one attached hydrogen (secondary N) is 1. The van der Waals surface area contributed by atoms with Gasteiger partial charge in [0.2, 0.25) is 0 Å². The van der Waals surface area contributed by atoms with E-state index >= 15 is 0 Å². The van der Waals surface area contributed by atoms with Crippen LogP contribution in [0.2, 0.25) is 0 Å². The minimum absolute atomic E-state index is 0.101. The average Bonchev–Trinajstić information content (AvgIpc) is 2.66. The van der Waals surface area contributed by atoms with Gasteiger partial charge in [-0.1, -0.05) is 0 Å². The zero-order chi connectivity index (χ0) is 14.2. The monoisotopic (exact) mass is 279 g/mol. The lowest BCUT2D eigenvalue weighted by Crippen LogP contribution is -2.34. The number of amides is 1. The third-order valence-electron chi connectivity index (χ3n) is 2.88. The van der Waals surface area contributed by atoms with Gasteiger partial charge in [0.05, 0.1) is 12.3 Å². The number of nitrogens with zero attached hydrogens (tertiary/aromatic N) is 1. The van der Waals surface area contributed by atoms with Crippen molar-refractivity contribution < 1.29 is 9.90 Å². The molecule has 0 aliphatic rings. The maximum atomic E-state index is 12.1. The van der Waals surface area contributed by atoms with E-state index in [2.05, 4.69) is 10.3 Å². The van der Waals surface area contributed by atoms with Crippen molar-refractivity contribution in [2.75, 3.05) is 12.3 Å². The van der Waals surface area contributed by atoms with Gasteiger partial charge < -0.3 is 16.2 Å². The number of aryl methyl sites for hydroxylation is 2. The molecular formula is C13H17N3O2S. The number of anilines is 1. The first-order valence-electron chi connectivity index (χ1n) is 6.02. The Bertz CT molecular complexity index is 636. The van der Waals surface area contributed by atoms with Crippen molar-refractivity contribution in [3.05, 3.63) is 22.3 Å². The number of aliphatic hydroxyl groups is 1. The first-order chi connectivity index (χ1) is 8.93. The van der Waals surface area contributed by atoms with Crippen molar-refractivity contribution >= 4 is 33.0 Å². The Kier molecular flexibility index (Phi) is 3.73. The number of aromatic nitrogens is 1. The number of rotatable bonds is 3. The molecule has 19 heavy (non-hydrogen) atoms. The third-order valence-corrected chi connectivity index (χ3v) is 4.03. The Morgan fingerprint density at radius 3 is 2.89 bits per heavy atom. The van der Waals surface area contributed by atoms with Crippen molar-refractivity contribution in [2.24, 2.45) is 0 Å². The first-order valence-corrected chi connectivity index (χ1v) is 6.83. The van der Waals surface area contributed by atoms with E-state index < -0.39 is 0 Å². The Labute approximate surface area is 115 Å². The molecule has 2 heterocycles. The van der Waals surface area contributed by atoms with E-state index in [1.165, 1.54) is 11.3 Å². The molecule has 5 nitrogen and oxygen atoms in total. The number of nitrogen functional groups attached to an aromatic ring is 1. The topological polar surface area (TPSA) is 88.2 Å². The summed E-state index contributed by atoms with van der Waals surface area (Å²) in [5.41, 5.74) is 8.26. The van der Waals surface area contributed by atoms with Gasteiger partial charge >= 0.3 is 0 Å². The molecule has 0 fully saturated rings. The summed E-state index contributed by atoms with van der Waals surface area (Å²) in [5, 5.41) is 12.5. The fourth-order valence-electron chi connectivity index (χ4n) is 1.98. The quantitative estimate of drug-likeness (QED) is 0.796. The Morgan fingerprint density at radius 2 is 2.26 bits per heavy atom. The number of pyridine rings is 1. The lowest BCUT2D eigenvalue weighted by atomic mass is 10.2. The number of thiophene rings is 1. The third kappa shape index (κ3) is 2.54. The largest absolute Gasteiger partial charge is 0.397 e. The number of nitrogens with two attached hydrogens (primary N) is 1. The molecular weight excluding hydrogens is 262 g/mol. The number of carbonyl (C=O) groups is 1. The molecule has 0 saturated carbocycles. The minimum atomic E-state index is -0.293. The molecule has 4 N–H and O–H groups in total. The van der Waals surface area contributed by atoms with Crippen LogP contribution >= 0.6 is 11.3 Å². The highest BCUT2D eigenvalue weighted by atomic mass is 32.1. The van der Waals surface area contributed by atoms with Crippen LogP contribution in [-0.4, -0.2) is 28.6 Å². The van der Waals surface area contributed by atoms with Gasteiger partial charge in [-0.15, -0.1) is 11.3 Å². The summed E-state index contributed by atoms with van der Waals surface area (Å²) in [4.78, 5) is 16.9. The zero-order valence-corrected chi connectivity index (χ0v) is 12.0. The molecule has 0 radical (unpaired) electrons. The number of fused-ring (bicyclic) bond motifs is 1. The van der Waals surface area contributed by atoms with E-state index in [1.54, 1.807) is 6.92 Å². The molecule has 102 valence electrons. The normalized spacial score (nSPS) is 12.6. The van der Waals surface area contributed by atoms with Gasteiger partial charge in [-0.3, -0.25) is 9.78 Å². The van der Waals surface area contributed by atoms with Crippen LogP contribution in [-0.2, 0) is 0 Å². The predicted molar refractivity (Wildman–Crippen MR) is 77.5 cm³/mol. The molecule has 1 atom stereocenters. The van der Waals surface area contributed by atoms with Crippen LogP contribution < -0.4 is 11.1 Å². The van der Waals surface area contributed by atoms with Gasteiger partial charge in [0.25, 0.3) is 5.91 Å². The Hall–Kier alpha value is -1.66. The number of aliphatic hydroxyl groups excluding tert-OH is 1. The van der Waals surface area contributed by atoms with Crippen LogP contribution in [0.5, 0.6) is 0 Å². The summed E-state index contributed by atoms with van der Waals surface area (Å²) in [5.74, 6) is -0.252. The number of hydrogen-bond acceptors (Lipinski definition) is 5. The lowest BCUT2D eigenvalue weighted by Gasteiger charge is -2.09. The highest BCUT2D eigenvalue weighted by Gasteiger charge is 2.19. The van der Waals surface area contributed by atoms with Crippen molar-refractivity contribution in [1.29, 1.82) is 0 Å². The van der Waals surface area contributed by atoms with Crippen molar-refractivity contribution in [2.45, 2.75) is 26.8 Å². The van der Waals surface area contributed by atoms with Crippen LogP contribution in [0.15, 0.2) is 6.07 Å². The van der Waals surface area contributed by atoms with E-state index in [1.807, 2.05) is 19.9 Å². The number of hydrogen-bond donors (Lipinski definition) is 3. The zero-order valence-electron chi connectivity index (χ0n) is 11.2. The van der Waals surface area contributed by atoms with Gasteiger partial charge in [-0.2, -0.15) is 0 Å². The first kappa shape index (κ1) is 13.8. The highest BCUT2D eigenvalue weighted by Crippen LogP contribution is 2.35. The SMILES string of the molecule is Cc1cc2sc(C(=O)NC(C)CO)c(N)c2c(C)n1. The van der Waals surface area contributed by atoms with Crippen LogP contribution in [0, 0.1) is 13.8 Å². The van der Waals surface area contributed by atoms with Gasteiger partial charge in [0.15, 0.2) is 0 Å². The average molecular weight is 279 g/mol. The Balaban J connectivity index is 2.48. The summed E-state index contributed by atoms with van der Waals surface area (Å²) in [6.07, 6.45) is 0. The summed E-state index contributed by atoms with van der Waals surface area (Å²) in [6, 6.07) is 1.63. The molecule has 0 bridgehead atoms. The van der Waals surface area contributed by atoms with Crippen LogP contribution in [0.1, 0.15) is 28.0 Å². The van der Waals surface area contributed by atoms with E-state index in [-0.39, 0.29) is 18.6 Å². The standard InChI is InChI=1S/C13H17N3O2S/c1-6-4-9-10(8(3)15-6)11(14)12(19-9)13(18)16-7(2)5-17/h4,7,17H,5,14H2,1-3H3,(H,16,18). The minimum Gasteiger partial charge on any atom is -0.397 e. The maximum Gasteiger partial charge on any atom is 0.263 e. The smallest absolute Gasteiger partial charge is 0.263 e. The van der Waals surface area contributed by atoms with Crippen molar-refractivity contribution in [1.82, 2.24) is 10.3 Å². The molecule has 0 saturated heterocycles. The molecule has 0 aliphatic heterocycles. The predicted octanol–water partition coefficient (Wildman–Crippen LogP) is 1.61. The molecule has 2 aromatic rings. The molecule has 0 spiro atoms. The molecule has 1 amide bonds. The van der Waals surface area contributed by atoms with Gasteiger partial charge in [0, 0.05) is 27.5 Å². The van der Waals surface area contributed by atoms with E-state index in [0.29, 0.717) is 10.6 Å². The van der Waals surface area contributed by atoms with Crippen LogP contribution in [0.3, 0.4) is 0 Å². The second-order valence-electron chi connectivity index (χ2n) is 4.62. The Morgan fingerprint density at radius 1 is 1.58 bits per heavy atom. The second-order valence-corrected chi connectivity index (χ2v) is 5.68. The molecule has 6 heteroatoms. The lowest BCUT2D eigenvalue weighted by molar-refractivity contribution is 0.0927. The van der Waals surface area contributed by atoms with Gasteiger partial charge in [-0.25, -0.2) is 0 Å². The van der Waals surface area contributed by atoms with E-state index in [9.17, 15) is 4.79 Å². The van der Waals surface area contributed by atoms with Crippen LogP contribution in [0.4, 0.5) is 5.69 Å². The van der Waals surface area contributed by atoms with E-state index in [0.717, 1.165) is 21.5 Å². The number of carbonyl (C=O) groups excluding carboxylic acids is 1. The summed E-state index contributed by atoms with van der Waals surface area (Å²) in [6.45, 7) is 5.43. The molecule has 2 rings (SSSR count). The van der Waals surface area contributed by atoms with Gasteiger partial charge in [-0.05, 0) is 26.8 Å². The second kappa shape index (κ2) is 5.14. The van der Waals surface area contributed by atoms with Crippen molar-refractivity contribution in [3.63, 3.8) is 0 Å². The maximum absolute atomic E-state index is 12.1. The molecule has 1 unspecified atom stereocenters.